The van der Waals surface area contributed by atoms with E-state index in [0.29, 0.717) is 6.61 Å². The van der Waals surface area contributed by atoms with Crippen LogP contribution in [0.2, 0.25) is 0 Å². The Balaban J connectivity index is 0.000000202. The van der Waals surface area contributed by atoms with Crippen molar-refractivity contribution in [1.82, 2.24) is 0 Å². The van der Waals surface area contributed by atoms with Gasteiger partial charge in [0.05, 0.1) is 6.61 Å². The molecule has 1 aromatic rings. The van der Waals surface area contributed by atoms with E-state index in [0.717, 1.165) is 0 Å². The summed E-state index contributed by atoms with van der Waals surface area (Å²) in [6, 6.07) is 12.0. The molecular weight excluding hydrogens is 152 g/mol. The van der Waals surface area contributed by atoms with E-state index in [9.17, 15) is 4.79 Å². The lowest BCUT2D eigenvalue weighted by molar-refractivity contribution is -0.140. The van der Waals surface area contributed by atoms with E-state index in [-0.39, 0.29) is 5.97 Å². The van der Waals surface area contributed by atoms with Gasteiger partial charge in [-0.05, 0) is 6.92 Å². The first kappa shape index (κ1) is 10.7. The molecule has 0 N–H and O–H groups in total. The second kappa shape index (κ2) is 7.79. The topological polar surface area (TPSA) is 26.3 Å². The number of carbonyl (C=O) groups is 1. The normalized spacial score (nSPS) is 7.83. The molecule has 0 saturated heterocycles. The second-order valence-electron chi connectivity index (χ2n) is 2.08. The predicted molar refractivity (Wildman–Crippen MR) is 48.7 cm³/mol. The van der Waals surface area contributed by atoms with Crippen LogP contribution in [0, 0.1) is 0 Å². The van der Waals surface area contributed by atoms with Crippen LogP contribution in [-0.2, 0) is 9.53 Å². The number of hydrogen-bond donors (Lipinski definition) is 0. The number of hydrogen-bond acceptors (Lipinski definition) is 2. The number of esters is 1. The van der Waals surface area contributed by atoms with Crippen LogP contribution >= 0.6 is 0 Å². The molecule has 2 heteroatoms. The van der Waals surface area contributed by atoms with Crippen molar-refractivity contribution in [1.29, 1.82) is 0 Å². The van der Waals surface area contributed by atoms with Crippen molar-refractivity contribution in [3.8, 4) is 0 Å². The number of carbonyl (C=O) groups excluding carboxylic acids is 1. The minimum absolute atomic E-state index is 0.211. The predicted octanol–water partition coefficient (Wildman–Crippen LogP) is 2.26. The largest absolute Gasteiger partial charge is 0.466 e. The standard InChI is InChI=1S/C6H6.C4H8O2/c1-2-4-6-5-3-1;1-3-6-4(2)5/h1-6H;3H2,1-2H3. The summed E-state index contributed by atoms with van der Waals surface area (Å²) < 4.78 is 4.40. The molecule has 1 rings (SSSR count). The minimum Gasteiger partial charge on any atom is -0.466 e. The average molecular weight is 166 g/mol. The molecule has 0 aliphatic carbocycles. The average Bonchev–Trinajstić information content (AvgIpc) is 2.08. The highest BCUT2D eigenvalue weighted by Crippen LogP contribution is 1.79. The summed E-state index contributed by atoms with van der Waals surface area (Å²) in [6.45, 7) is 3.65. The maximum absolute atomic E-state index is 9.82. The summed E-state index contributed by atoms with van der Waals surface area (Å²) in [6.07, 6.45) is 0. The van der Waals surface area contributed by atoms with Gasteiger partial charge in [0.1, 0.15) is 0 Å². The monoisotopic (exact) mass is 166 g/mol. The number of rotatable bonds is 1. The van der Waals surface area contributed by atoms with E-state index < -0.39 is 0 Å². The zero-order valence-electron chi connectivity index (χ0n) is 7.49. The van der Waals surface area contributed by atoms with E-state index in [2.05, 4.69) is 4.74 Å². The van der Waals surface area contributed by atoms with Crippen molar-refractivity contribution >= 4 is 5.97 Å². The van der Waals surface area contributed by atoms with Gasteiger partial charge >= 0.3 is 5.97 Å². The van der Waals surface area contributed by atoms with E-state index >= 15 is 0 Å². The Kier molecular flexibility index (Phi) is 6.94. The lowest BCUT2D eigenvalue weighted by Crippen LogP contribution is -1.95. The molecule has 0 unspecified atom stereocenters. The molecule has 0 bridgehead atoms. The van der Waals surface area contributed by atoms with Crippen LogP contribution in [0.3, 0.4) is 0 Å². The molecule has 0 aromatic heterocycles. The van der Waals surface area contributed by atoms with Crippen LogP contribution in [0.4, 0.5) is 0 Å². The van der Waals surface area contributed by atoms with Crippen molar-refractivity contribution in [3.05, 3.63) is 36.4 Å². The van der Waals surface area contributed by atoms with Crippen molar-refractivity contribution in [2.75, 3.05) is 6.61 Å². The summed E-state index contributed by atoms with van der Waals surface area (Å²) in [4.78, 5) is 9.82. The van der Waals surface area contributed by atoms with Crippen molar-refractivity contribution in [2.24, 2.45) is 0 Å². The third kappa shape index (κ3) is 8.69. The van der Waals surface area contributed by atoms with Gasteiger partial charge in [0, 0.05) is 6.92 Å². The summed E-state index contributed by atoms with van der Waals surface area (Å²) in [5.41, 5.74) is 0. The Bertz CT molecular complexity index is 168. The van der Waals surface area contributed by atoms with E-state index in [1.807, 2.05) is 36.4 Å². The van der Waals surface area contributed by atoms with Crippen LogP contribution < -0.4 is 0 Å². The van der Waals surface area contributed by atoms with E-state index in [1.165, 1.54) is 6.92 Å². The Labute approximate surface area is 73.2 Å². The van der Waals surface area contributed by atoms with E-state index in [1.54, 1.807) is 6.92 Å². The fourth-order valence-corrected chi connectivity index (χ4v) is 0.588. The first-order chi connectivity index (χ1) is 5.77. The third-order valence-electron chi connectivity index (χ3n) is 1.01. The Morgan fingerprint density at radius 3 is 1.50 bits per heavy atom. The summed E-state index contributed by atoms with van der Waals surface area (Å²) >= 11 is 0. The van der Waals surface area contributed by atoms with Crippen LogP contribution in [0.25, 0.3) is 0 Å². The summed E-state index contributed by atoms with van der Waals surface area (Å²) in [5.74, 6) is -0.211. The Morgan fingerprint density at radius 1 is 1.08 bits per heavy atom. The van der Waals surface area contributed by atoms with Gasteiger partial charge in [0.15, 0.2) is 0 Å². The molecule has 0 fully saturated rings. The Hall–Kier alpha value is -1.31. The van der Waals surface area contributed by atoms with Crippen LogP contribution in [0.5, 0.6) is 0 Å². The molecule has 2 nitrogen and oxygen atoms in total. The number of benzene rings is 1. The highest BCUT2D eigenvalue weighted by atomic mass is 16.5. The van der Waals surface area contributed by atoms with Gasteiger partial charge in [-0.1, -0.05) is 36.4 Å². The quantitative estimate of drug-likeness (QED) is 0.598. The van der Waals surface area contributed by atoms with Gasteiger partial charge in [-0.15, -0.1) is 0 Å². The van der Waals surface area contributed by atoms with Crippen LogP contribution in [-0.4, -0.2) is 12.6 Å². The minimum atomic E-state index is -0.211. The molecule has 0 atom stereocenters. The van der Waals surface area contributed by atoms with Gasteiger partial charge < -0.3 is 4.74 Å². The summed E-state index contributed by atoms with van der Waals surface area (Å²) in [7, 11) is 0. The molecule has 1 aromatic carbocycles. The zero-order chi connectivity index (χ0) is 9.23. The molecule has 0 amide bonds. The number of ether oxygens (including phenoxy) is 1. The van der Waals surface area contributed by atoms with E-state index in [4.69, 9.17) is 0 Å². The third-order valence-corrected chi connectivity index (χ3v) is 1.01. The second-order valence-corrected chi connectivity index (χ2v) is 2.08. The zero-order valence-corrected chi connectivity index (χ0v) is 7.49. The summed E-state index contributed by atoms with van der Waals surface area (Å²) in [5, 5.41) is 0. The molecular formula is C10H14O2. The fraction of sp³-hybridized carbons (Fsp3) is 0.300. The SMILES string of the molecule is CCOC(C)=O.c1ccccc1. The first-order valence-electron chi connectivity index (χ1n) is 3.90. The lowest BCUT2D eigenvalue weighted by atomic mass is 10.4. The maximum Gasteiger partial charge on any atom is 0.302 e. The highest BCUT2D eigenvalue weighted by Gasteiger charge is 1.81. The highest BCUT2D eigenvalue weighted by molar-refractivity contribution is 5.65. The van der Waals surface area contributed by atoms with Crippen molar-refractivity contribution in [3.63, 3.8) is 0 Å². The molecule has 0 radical (unpaired) electrons. The maximum atomic E-state index is 9.82. The molecule has 0 aliphatic heterocycles. The van der Waals surface area contributed by atoms with Crippen LogP contribution in [0.1, 0.15) is 13.8 Å². The Morgan fingerprint density at radius 2 is 1.42 bits per heavy atom. The molecule has 0 aliphatic rings. The molecule has 12 heavy (non-hydrogen) atoms. The van der Waals surface area contributed by atoms with Crippen molar-refractivity contribution < 1.29 is 9.53 Å². The van der Waals surface area contributed by atoms with Gasteiger partial charge in [0.2, 0.25) is 0 Å². The molecule has 66 valence electrons. The van der Waals surface area contributed by atoms with Gasteiger partial charge in [0.25, 0.3) is 0 Å². The molecule has 0 heterocycles. The van der Waals surface area contributed by atoms with Gasteiger partial charge in [-0.25, -0.2) is 0 Å². The smallest absolute Gasteiger partial charge is 0.302 e. The van der Waals surface area contributed by atoms with Gasteiger partial charge in [-0.3, -0.25) is 4.79 Å². The lowest BCUT2D eigenvalue weighted by Gasteiger charge is -1.89. The van der Waals surface area contributed by atoms with Crippen LogP contribution in [0.15, 0.2) is 36.4 Å². The fourth-order valence-electron chi connectivity index (χ4n) is 0.588. The molecule has 0 spiro atoms. The van der Waals surface area contributed by atoms with Gasteiger partial charge in [-0.2, -0.15) is 0 Å². The first-order valence-corrected chi connectivity index (χ1v) is 3.90. The van der Waals surface area contributed by atoms with Crippen molar-refractivity contribution in [2.45, 2.75) is 13.8 Å². The molecule has 0 saturated carbocycles.